The molecule has 0 fully saturated rings. The van der Waals surface area contributed by atoms with Crippen molar-refractivity contribution in [2.45, 2.75) is 153 Å². The maximum absolute atomic E-state index is 14.3. The van der Waals surface area contributed by atoms with E-state index in [1.54, 1.807) is 27.7 Å². The second kappa shape index (κ2) is 33.0. The number of carboxylic acid groups (broad SMARTS) is 1. The van der Waals surface area contributed by atoms with Gasteiger partial charge in [0.25, 0.3) is 0 Å². The summed E-state index contributed by atoms with van der Waals surface area (Å²) in [6.45, 7) is 8.52. The standard InChI is InChI=1S/C50H81N13O11/c1-28(2)39(61-42(66)34(53)26-31-14-7-6-8-15-31)46(70)58-35(16-9-11-23-51)43(67)57-37(18-13-25-56-50(54)55)44(68)62-40(29(3)4)47(71)59-36(17-10-12-24-52)45(69)63-41(30(5)64)48(72)60-38(49(73)74)27-32-19-21-33(65)22-20-32/h6-8,14-15,19-22,28-30,34-41,64-65H,9-13,16-18,23-27,51-53H2,1-5H3,(H,57,67)(H,58,70)(H,59,71)(H,60,72)(H,61,66)(H,62,68)(H,63,69)(H,73,74)(H4,54,55,56)/t30-,34+,35+,36+,37+,38+,39+,40+,41+/m1/s1. The summed E-state index contributed by atoms with van der Waals surface area (Å²) in [4.78, 5) is 113. The van der Waals surface area contributed by atoms with Crippen molar-refractivity contribution in [3.63, 3.8) is 0 Å². The van der Waals surface area contributed by atoms with E-state index in [9.17, 15) is 53.7 Å². The smallest absolute Gasteiger partial charge is 0.326 e. The predicted octanol–water partition coefficient (Wildman–Crippen LogP) is -2.01. The van der Waals surface area contributed by atoms with Gasteiger partial charge in [-0.1, -0.05) is 70.2 Å². The zero-order valence-corrected chi connectivity index (χ0v) is 43.2. The van der Waals surface area contributed by atoms with E-state index in [0.29, 0.717) is 37.8 Å². The number of amides is 7. The first-order chi connectivity index (χ1) is 35.0. The number of nitrogens with two attached hydrogens (primary N) is 5. The molecule has 0 bridgehead atoms. The van der Waals surface area contributed by atoms with Crippen molar-refractivity contribution < 1.29 is 53.7 Å². The SMILES string of the molecule is CC(C)[C@H](NC(=O)[C@H](CCCN=C(N)N)NC(=O)[C@H](CCCCN)NC(=O)[C@@H](NC(=O)[C@@H](N)Cc1ccccc1)C(C)C)C(=O)N[C@@H](CCCCN)C(=O)N[C@H](C(=O)N[C@@H](Cc1ccc(O)cc1)C(=O)O)[C@@H](C)O. The number of carbonyl (C=O) groups is 8. The van der Waals surface area contributed by atoms with Gasteiger partial charge >= 0.3 is 5.97 Å². The first-order valence-corrected chi connectivity index (χ1v) is 25.1. The van der Waals surface area contributed by atoms with E-state index in [4.69, 9.17) is 28.7 Å². The molecular weight excluding hydrogens is 959 g/mol. The molecule has 74 heavy (non-hydrogen) atoms. The summed E-state index contributed by atoms with van der Waals surface area (Å²) in [5.74, 6) is -8.26. The van der Waals surface area contributed by atoms with Gasteiger partial charge in [0.1, 0.15) is 48.0 Å². The Kier molecular flexibility index (Phi) is 28.2. The summed E-state index contributed by atoms with van der Waals surface area (Å²) in [6.07, 6.45) is 0.384. The molecule has 24 heteroatoms. The van der Waals surface area contributed by atoms with Gasteiger partial charge in [-0.15, -0.1) is 0 Å². The number of rotatable bonds is 34. The van der Waals surface area contributed by atoms with Crippen LogP contribution in [-0.4, -0.2) is 143 Å². The third-order valence-electron chi connectivity index (χ3n) is 11.9. The molecule has 0 aliphatic carbocycles. The summed E-state index contributed by atoms with van der Waals surface area (Å²) in [7, 11) is 0. The van der Waals surface area contributed by atoms with E-state index in [1.807, 2.05) is 30.3 Å². The fourth-order valence-electron chi connectivity index (χ4n) is 7.62. The Morgan fingerprint density at radius 2 is 0.919 bits per heavy atom. The number of aliphatic hydroxyl groups excluding tert-OH is 1. The molecule has 9 atom stereocenters. The highest BCUT2D eigenvalue weighted by molar-refractivity contribution is 5.98. The van der Waals surface area contributed by atoms with Crippen LogP contribution in [0.2, 0.25) is 0 Å². The van der Waals surface area contributed by atoms with Crippen LogP contribution in [-0.2, 0) is 51.2 Å². The molecule has 412 valence electrons. The Hall–Kier alpha value is -6.89. The van der Waals surface area contributed by atoms with Crippen LogP contribution in [0.25, 0.3) is 0 Å². The lowest BCUT2D eigenvalue weighted by atomic mass is 9.99. The molecule has 20 N–H and O–H groups in total. The quantitative estimate of drug-likeness (QED) is 0.0205. The van der Waals surface area contributed by atoms with Crippen molar-refractivity contribution >= 4 is 53.3 Å². The number of benzene rings is 2. The fourth-order valence-corrected chi connectivity index (χ4v) is 7.62. The molecule has 2 aromatic carbocycles. The van der Waals surface area contributed by atoms with Crippen LogP contribution in [0.3, 0.4) is 0 Å². The first kappa shape index (κ1) is 63.2. The van der Waals surface area contributed by atoms with Crippen molar-refractivity contribution in [1.29, 1.82) is 0 Å². The second-order valence-electron chi connectivity index (χ2n) is 19.0. The minimum Gasteiger partial charge on any atom is -0.508 e. The molecule has 0 aliphatic rings. The van der Waals surface area contributed by atoms with Gasteiger partial charge in [0.2, 0.25) is 41.4 Å². The van der Waals surface area contributed by atoms with Crippen molar-refractivity contribution in [2.75, 3.05) is 19.6 Å². The zero-order valence-electron chi connectivity index (χ0n) is 43.2. The summed E-state index contributed by atoms with van der Waals surface area (Å²) in [5, 5.41) is 48.4. The Balaban J connectivity index is 2.37. The molecule has 0 spiro atoms. The monoisotopic (exact) mass is 1040 g/mol. The van der Waals surface area contributed by atoms with E-state index >= 15 is 0 Å². The number of carboxylic acids is 1. The number of phenols is 1. The lowest BCUT2D eigenvalue weighted by molar-refractivity contribution is -0.143. The van der Waals surface area contributed by atoms with Gasteiger partial charge in [0.15, 0.2) is 5.96 Å². The number of nitrogens with zero attached hydrogens (tertiary/aromatic N) is 1. The number of hydrogen-bond acceptors (Lipinski definition) is 14. The molecule has 24 nitrogen and oxygen atoms in total. The highest BCUT2D eigenvalue weighted by Gasteiger charge is 2.36. The van der Waals surface area contributed by atoms with Crippen LogP contribution < -0.4 is 65.9 Å². The Morgan fingerprint density at radius 3 is 1.36 bits per heavy atom. The van der Waals surface area contributed by atoms with Crippen molar-refractivity contribution in [3.8, 4) is 5.75 Å². The average molecular weight is 1040 g/mol. The van der Waals surface area contributed by atoms with E-state index in [2.05, 4.69) is 42.2 Å². The fraction of sp³-hybridized carbons (Fsp3) is 0.580. The average Bonchev–Trinajstić information content (AvgIpc) is 3.34. The van der Waals surface area contributed by atoms with E-state index in [-0.39, 0.29) is 63.3 Å². The number of carbonyl (C=O) groups excluding carboxylic acids is 7. The van der Waals surface area contributed by atoms with Gasteiger partial charge in [0.05, 0.1) is 12.1 Å². The van der Waals surface area contributed by atoms with Crippen molar-refractivity contribution in [2.24, 2.45) is 45.5 Å². The van der Waals surface area contributed by atoms with Gasteiger partial charge in [-0.25, -0.2) is 4.79 Å². The summed E-state index contributed by atoms with van der Waals surface area (Å²) < 4.78 is 0. The molecule has 0 radical (unpaired) electrons. The highest BCUT2D eigenvalue weighted by atomic mass is 16.4. The van der Waals surface area contributed by atoms with Gasteiger partial charge in [0, 0.05) is 13.0 Å². The molecule has 0 aliphatic heterocycles. The largest absolute Gasteiger partial charge is 0.508 e. The third kappa shape index (κ3) is 22.9. The first-order valence-electron chi connectivity index (χ1n) is 25.1. The van der Waals surface area contributed by atoms with E-state index < -0.39 is 114 Å². The maximum atomic E-state index is 14.3. The minimum atomic E-state index is -1.68. The molecule has 0 heterocycles. The molecule has 0 aromatic heterocycles. The number of aliphatic carboxylic acids is 1. The van der Waals surface area contributed by atoms with Crippen LogP contribution in [0.15, 0.2) is 59.6 Å². The summed E-state index contributed by atoms with van der Waals surface area (Å²) in [6, 6.07) is 4.32. The topological polar surface area (TPSA) is 424 Å². The molecule has 0 saturated heterocycles. The molecule has 7 amide bonds. The molecule has 0 unspecified atom stereocenters. The summed E-state index contributed by atoms with van der Waals surface area (Å²) >= 11 is 0. The van der Waals surface area contributed by atoms with E-state index in [1.165, 1.54) is 31.2 Å². The number of nitrogens with one attached hydrogen (secondary N) is 7. The van der Waals surface area contributed by atoms with Crippen LogP contribution in [0.1, 0.15) is 97.1 Å². The predicted molar refractivity (Wildman–Crippen MR) is 278 cm³/mol. The zero-order chi connectivity index (χ0) is 55.5. The number of aromatic hydroxyl groups is 1. The molecule has 2 aromatic rings. The normalized spacial score (nSPS) is 14.9. The Bertz CT molecular complexity index is 2140. The Morgan fingerprint density at radius 1 is 0.514 bits per heavy atom. The van der Waals surface area contributed by atoms with Crippen LogP contribution in [0.4, 0.5) is 0 Å². The minimum absolute atomic E-state index is 0.00284. The van der Waals surface area contributed by atoms with Crippen LogP contribution in [0.5, 0.6) is 5.75 Å². The van der Waals surface area contributed by atoms with Gasteiger partial charge in [-0.05, 0) is 113 Å². The Labute approximate surface area is 432 Å². The molecular formula is C50H81N13O11. The van der Waals surface area contributed by atoms with Crippen LogP contribution >= 0.6 is 0 Å². The maximum Gasteiger partial charge on any atom is 0.326 e. The molecule has 0 saturated carbocycles. The number of guanidine groups is 1. The van der Waals surface area contributed by atoms with Gasteiger partial charge < -0.3 is 81.2 Å². The van der Waals surface area contributed by atoms with E-state index in [0.717, 1.165) is 5.56 Å². The summed E-state index contributed by atoms with van der Waals surface area (Å²) in [5.41, 5.74) is 30.0. The number of aliphatic imine (C=N–C) groups is 1. The lowest BCUT2D eigenvalue weighted by Gasteiger charge is -2.30. The van der Waals surface area contributed by atoms with Crippen molar-refractivity contribution in [3.05, 3.63) is 65.7 Å². The van der Waals surface area contributed by atoms with Gasteiger partial charge in [-0.2, -0.15) is 0 Å². The highest BCUT2D eigenvalue weighted by Crippen LogP contribution is 2.14. The number of unbranched alkanes of at least 4 members (excludes halogenated alkanes) is 2. The van der Waals surface area contributed by atoms with Gasteiger partial charge in [-0.3, -0.25) is 38.6 Å². The molecule has 2 rings (SSSR count). The lowest BCUT2D eigenvalue weighted by Crippen LogP contribution is -2.62. The second-order valence-corrected chi connectivity index (χ2v) is 19.0. The van der Waals surface area contributed by atoms with Crippen LogP contribution in [0, 0.1) is 11.8 Å². The number of hydrogen-bond donors (Lipinski definition) is 15. The van der Waals surface area contributed by atoms with Crippen molar-refractivity contribution in [1.82, 2.24) is 37.2 Å². The number of phenolic OH excluding ortho intramolecular Hbond substituents is 1. The third-order valence-corrected chi connectivity index (χ3v) is 11.9. The number of aliphatic hydroxyl groups is 1.